The average Bonchev–Trinajstić information content (AvgIpc) is 3.18. The van der Waals surface area contributed by atoms with Gasteiger partial charge in [-0.25, -0.2) is 9.97 Å². The van der Waals surface area contributed by atoms with Gasteiger partial charge in [0.15, 0.2) is 11.6 Å². The van der Waals surface area contributed by atoms with Crippen molar-refractivity contribution in [1.29, 1.82) is 0 Å². The van der Waals surface area contributed by atoms with Crippen LogP contribution in [0.2, 0.25) is 0 Å². The summed E-state index contributed by atoms with van der Waals surface area (Å²) in [6, 6.07) is 9.83. The van der Waals surface area contributed by atoms with Crippen LogP contribution in [-0.2, 0) is 0 Å². The van der Waals surface area contributed by atoms with Crippen LogP contribution in [0.15, 0.2) is 41.1 Å². The van der Waals surface area contributed by atoms with Crippen molar-refractivity contribution in [3.8, 4) is 0 Å². The van der Waals surface area contributed by atoms with Crippen molar-refractivity contribution in [3.05, 3.63) is 65.4 Å². The van der Waals surface area contributed by atoms with Crippen LogP contribution in [0, 0.1) is 13.8 Å². The van der Waals surface area contributed by atoms with Gasteiger partial charge in [0.05, 0.1) is 5.92 Å². The summed E-state index contributed by atoms with van der Waals surface area (Å²) >= 11 is 0. The van der Waals surface area contributed by atoms with Crippen LogP contribution in [0.3, 0.4) is 0 Å². The number of carbonyl (C=O) groups excluding carboxylic acids is 1. The van der Waals surface area contributed by atoms with Crippen molar-refractivity contribution in [3.63, 3.8) is 0 Å². The molecule has 23 heavy (non-hydrogen) atoms. The maximum Gasteiger partial charge on any atom is 0.273 e. The van der Waals surface area contributed by atoms with Gasteiger partial charge in [-0.05, 0) is 12.5 Å². The number of carbonyl (C=O) groups is 1. The van der Waals surface area contributed by atoms with Crippen LogP contribution >= 0.6 is 0 Å². The molecule has 0 saturated heterocycles. The Hall–Kier alpha value is -2.96. The Labute approximate surface area is 133 Å². The Morgan fingerprint density at radius 1 is 1.30 bits per heavy atom. The summed E-state index contributed by atoms with van der Waals surface area (Å²) < 4.78 is 5.30. The smallest absolute Gasteiger partial charge is 0.273 e. The third-order valence-electron chi connectivity index (χ3n) is 3.55. The topological polar surface area (TPSA) is 96.7 Å². The van der Waals surface area contributed by atoms with Gasteiger partial charge in [0.2, 0.25) is 0 Å². The lowest BCUT2D eigenvalue weighted by atomic mass is 9.98. The third-order valence-corrected chi connectivity index (χ3v) is 3.55. The van der Waals surface area contributed by atoms with E-state index in [1.165, 1.54) is 6.33 Å². The summed E-state index contributed by atoms with van der Waals surface area (Å²) in [6.07, 6.45) is 1.46. The monoisotopic (exact) mass is 311 g/mol. The average molecular weight is 311 g/mol. The van der Waals surface area contributed by atoms with Gasteiger partial charge in [0, 0.05) is 13.5 Å². The Bertz CT molecular complexity index is 780. The van der Waals surface area contributed by atoms with Crippen LogP contribution in [0.1, 0.15) is 39.4 Å². The van der Waals surface area contributed by atoms with E-state index < -0.39 is 0 Å². The van der Waals surface area contributed by atoms with Crippen LogP contribution in [-0.4, -0.2) is 32.6 Å². The molecule has 0 fully saturated rings. The van der Waals surface area contributed by atoms with Crippen molar-refractivity contribution in [1.82, 2.24) is 25.5 Å². The zero-order chi connectivity index (χ0) is 16.2. The number of aromatic amines is 1. The summed E-state index contributed by atoms with van der Waals surface area (Å²) in [5.41, 5.74) is 1.35. The van der Waals surface area contributed by atoms with Gasteiger partial charge >= 0.3 is 0 Å². The number of nitrogens with zero attached hydrogens (tertiary/aromatic N) is 3. The van der Waals surface area contributed by atoms with Gasteiger partial charge in [0.25, 0.3) is 5.91 Å². The summed E-state index contributed by atoms with van der Waals surface area (Å²) in [4.78, 5) is 20.6. The van der Waals surface area contributed by atoms with E-state index in [0.29, 0.717) is 29.7 Å². The summed E-state index contributed by atoms with van der Waals surface area (Å²) in [7, 11) is 0. The van der Waals surface area contributed by atoms with Crippen LogP contribution in [0.4, 0.5) is 0 Å². The van der Waals surface area contributed by atoms with Gasteiger partial charge in [-0.1, -0.05) is 30.3 Å². The zero-order valence-corrected chi connectivity index (χ0v) is 12.9. The first-order valence-electron chi connectivity index (χ1n) is 7.27. The van der Waals surface area contributed by atoms with E-state index in [-0.39, 0.29) is 11.8 Å². The highest BCUT2D eigenvalue weighted by atomic mass is 16.4. The van der Waals surface area contributed by atoms with Crippen molar-refractivity contribution in [2.45, 2.75) is 19.8 Å². The lowest BCUT2D eigenvalue weighted by molar-refractivity contribution is 0.0946. The molecule has 2 heterocycles. The van der Waals surface area contributed by atoms with Gasteiger partial charge in [-0.2, -0.15) is 5.10 Å². The first-order chi connectivity index (χ1) is 11.1. The van der Waals surface area contributed by atoms with Crippen LogP contribution < -0.4 is 5.32 Å². The van der Waals surface area contributed by atoms with Crippen molar-refractivity contribution in [2.75, 3.05) is 6.54 Å². The molecule has 0 bridgehead atoms. The van der Waals surface area contributed by atoms with E-state index >= 15 is 0 Å². The second-order valence-electron chi connectivity index (χ2n) is 5.18. The molecule has 0 spiro atoms. The molecule has 0 aliphatic heterocycles. The van der Waals surface area contributed by atoms with Gasteiger partial charge in [-0.3, -0.25) is 9.89 Å². The maximum atomic E-state index is 12.3. The number of H-pyrrole nitrogens is 1. The van der Waals surface area contributed by atoms with Crippen molar-refractivity contribution in [2.24, 2.45) is 0 Å². The fraction of sp³-hybridized carbons (Fsp3) is 0.250. The lowest BCUT2D eigenvalue weighted by Gasteiger charge is -2.15. The Balaban J connectivity index is 1.77. The summed E-state index contributed by atoms with van der Waals surface area (Å²) in [6.45, 7) is 3.81. The quantitative estimate of drug-likeness (QED) is 0.751. The van der Waals surface area contributed by atoms with E-state index in [1.54, 1.807) is 13.8 Å². The van der Waals surface area contributed by atoms with E-state index in [1.807, 2.05) is 30.3 Å². The molecule has 0 radical (unpaired) electrons. The molecular formula is C16H17N5O2. The molecule has 1 amide bonds. The second kappa shape index (κ2) is 6.43. The molecule has 1 unspecified atom stereocenters. The second-order valence-corrected chi connectivity index (χ2v) is 5.18. The number of rotatable bonds is 5. The minimum atomic E-state index is -0.264. The number of aryl methyl sites for hydroxylation is 2. The fourth-order valence-electron chi connectivity index (χ4n) is 2.46. The standard InChI is InChI=1S/C16H17N5O2/c1-10-14(20-11(2)23-10)16(22)17-8-13(15-18-9-19-21-15)12-6-4-3-5-7-12/h3-7,9,13H,8H2,1-2H3,(H,17,22)(H,18,19,21). The molecule has 1 aromatic carbocycles. The minimum Gasteiger partial charge on any atom is -0.445 e. The molecule has 7 nitrogen and oxygen atoms in total. The molecule has 3 rings (SSSR count). The highest BCUT2D eigenvalue weighted by molar-refractivity contribution is 5.93. The normalized spacial score (nSPS) is 12.1. The Kier molecular flexibility index (Phi) is 4.18. The van der Waals surface area contributed by atoms with Crippen molar-refractivity contribution < 1.29 is 9.21 Å². The van der Waals surface area contributed by atoms with Crippen molar-refractivity contribution >= 4 is 5.91 Å². The predicted molar refractivity (Wildman–Crippen MR) is 83.0 cm³/mol. The number of hydrogen-bond donors (Lipinski definition) is 2. The van der Waals surface area contributed by atoms with Gasteiger partial charge < -0.3 is 9.73 Å². The summed E-state index contributed by atoms with van der Waals surface area (Å²) in [5, 5.41) is 9.65. The first-order valence-corrected chi connectivity index (χ1v) is 7.27. The molecule has 0 saturated carbocycles. The molecule has 7 heteroatoms. The molecule has 2 aromatic heterocycles. The van der Waals surface area contributed by atoms with E-state index in [0.717, 1.165) is 5.56 Å². The number of oxazole rings is 1. The van der Waals surface area contributed by atoms with E-state index in [4.69, 9.17) is 4.42 Å². The van der Waals surface area contributed by atoms with Crippen LogP contribution in [0.25, 0.3) is 0 Å². The molecule has 0 aliphatic rings. The zero-order valence-electron chi connectivity index (χ0n) is 12.9. The molecule has 2 N–H and O–H groups in total. The largest absolute Gasteiger partial charge is 0.445 e. The predicted octanol–water partition coefficient (Wildman–Crippen LogP) is 1.97. The first kappa shape index (κ1) is 15.0. The third kappa shape index (κ3) is 3.28. The number of benzene rings is 1. The lowest BCUT2D eigenvalue weighted by Crippen LogP contribution is -2.30. The Morgan fingerprint density at radius 3 is 2.70 bits per heavy atom. The van der Waals surface area contributed by atoms with E-state index in [9.17, 15) is 4.79 Å². The maximum absolute atomic E-state index is 12.3. The number of aromatic nitrogens is 4. The Morgan fingerprint density at radius 2 is 2.09 bits per heavy atom. The van der Waals surface area contributed by atoms with Gasteiger partial charge in [0.1, 0.15) is 17.9 Å². The molecule has 3 aromatic rings. The molecule has 118 valence electrons. The fourth-order valence-corrected chi connectivity index (χ4v) is 2.46. The minimum absolute atomic E-state index is 0.115. The summed E-state index contributed by atoms with van der Waals surface area (Å²) in [5.74, 6) is 1.30. The number of nitrogens with one attached hydrogen (secondary N) is 2. The van der Waals surface area contributed by atoms with E-state index in [2.05, 4.69) is 25.5 Å². The number of amides is 1. The van der Waals surface area contributed by atoms with Gasteiger partial charge in [-0.15, -0.1) is 0 Å². The van der Waals surface area contributed by atoms with Crippen LogP contribution in [0.5, 0.6) is 0 Å². The SMILES string of the molecule is Cc1nc(C(=O)NCC(c2ccccc2)c2ncn[nH]2)c(C)o1. The highest BCUT2D eigenvalue weighted by Crippen LogP contribution is 2.20. The molecule has 0 aliphatic carbocycles. The highest BCUT2D eigenvalue weighted by Gasteiger charge is 2.20. The molecule has 1 atom stereocenters. The molecular weight excluding hydrogens is 294 g/mol. The number of hydrogen-bond acceptors (Lipinski definition) is 5.